The van der Waals surface area contributed by atoms with Gasteiger partial charge in [0, 0.05) is 21.9 Å². The number of nitrogen functional groups attached to an aromatic ring is 1. The summed E-state index contributed by atoms with van der Waals surface area (Å²) in [5.41, 5.74) is 5.51. The first kappa shape index (κ1) is 26.4. The summed E-state index contributed by atoms with van der Waals surface area (Å²) < 4.78 is 74.8. The van der Waals surface area contributed by atoms with Crippen LogP contribution in [-0.4, -0.2) is 31.9 Å². The molecule has 0 radical (unpaired) electrons. The van der Waals surface area contributed by atoms with Crippen LogP contribution in [0.15, 0.2) is 52.3 Å². The van der Waals surface area contributed by atoms with Gasteiger partial charge in [-0.05, 0) is 46.0 Å². The van der Waals surface area contributed by atoms with Crippen molar-refractivity contribution in [1.82, 2.24) is 0 Å². The number of anilines is 1. The second kappa shape index (κ2) is 8.42. The van der Waals surface area contributed by atoms with Crippen LogP contribution in [0.3, 0.4) is 0 Å². The molecule has 10 nitrogen and oxygen atoms in total. The van der Waals surface area contributed by atoms with Crippen molar-refractivity contribution in [1.29, 1.82) is 0 Å². The van der Waals surface area contributed by atoms with E-state index in [-0.39, 0.29) is 32.7 Å². The monoisotopic (exact) mass is 544 g/mol. The lowest BCUT2D eigenvalue weighted by Gasteiger charge is -2.27. The Balaban J connectivity index is 2.35. The lowest BCUT2D eigenvalue weighted by atomic mass is 9.82. The third-order valence-corrected chi connectivity index (χ3v) is 7.87. The van der Waals surface area contributed by atoms with Gasteiger partial charge >= 0.3 is 0 Å². The molecule has 0 amide bonds. The van der Waals surface area contributed by atoms with E-state index in [4.69, 9.17) is 10.5 Å². The summed E-state index contributed by atoms with van der Waals surface area (Å²) in [5, 5.41) is 12.0. The average molecular weight is 545 g/mol. The topological polar surface area (TPSA) is 184 Å². The van der Waals surface area contributed by atoms with Crippen LogP contribution in [-0.2, 0) is 25.7 Å². The molecule has 37 heavy (non-hydrogen) atoms. The van der Waals surface area contributed by atoms with Gasteiger partial charge in [-0.25, -0.2) is 0 Å². The molecule has 0 bridgehead atoms. The number of hydrogen-bond donors (Lipinski definition) is 3. The van der Waals surface area contributed by atoms with Gasteiger partial charge in [0.25, 0.3) is 20.2 Å². The van der Waals surface area contributed by atoms with Gasteiger partial charge in [-0.1, -0.05) is 45.5 Å². The lowest BCUT2D eigenvalue weighted by Crippen LogP contribution is -2.29. The van der Waals surface area contributed by atoms with Crippen molar-refractivity contribution in [2.24, 2.45) is 0 Å². The molecule has 4 rings (SSSR count). The molecule has 0 spiro atoms. The van der Waals surface area contributed by atoms with Crippen LogP contribution < -0.4 is 26.0 Å². The maximum atomic E-state index is 12.3. The minimum absolute atomic E-state index is 0.000911. The number of benzene rings is 3. The third-order valence-electron chi connectivity index (χ3n) is 5.97. The van der Waals surface area contributed by atoms with Gasteiger partial charge in [0.1, 0.15) is 4.90 Å². The number of carboxylic acids is 1. The predicted molar refractivity (Wildman–Crippen MR) is 133 cm³/mol. The van der Waals surface area contributed by atoms with Crippen molar-refractivity contribution >= 4 is 44.0 Å². The SMILES string of the molecule is C=c1ccc2c(c1S(=O)(=O)O)Oc1c(ccc(N)c1S(=O)(=O)O)C=2c1cc(C(C)(C)C)ccc1C(=O)[O-]. The van der Waals surface area contributed by atoms with Crippen molar-refractivity contribution in [2.75, 3.05) is 5.73 Å². The highest BCUT2D eigenvalue weighted by Crippen LogP contribution is 2.44. The van der Waals surface area contributed by atoms with E-state index in [1.807, 2.05) is 20.8 Å². The van der Waals surface area contributed by atoms with Gasteiger partial charge in [0.2, 0.25) is 0 Å². The molecule has 12 heteroatoms. The van der Waals surface area contributed by atoms with Crippen molar-refractivity contribution in [3.63, 3.8) is 0 Å². The molecule has 0 saturated carbocycles. The predicted octanol–water partition coefficient (Wildman–Crippen LogP) is 1.19. The molecule has 0 aromatic heterocycles. The number of ether oxygens (including phenoxy) is 1. The van der Waals surface area contributed by atoms with E-state index in [0.29, 0.717) is 5.56 Å². The lowest BCUT2D eigenvalue weighted by molar-refractivity contribution is -0.255. The zero-order chi connectivity index (χ0) is 27.7. The van der Waals surface area contributed by atoms with Gasteiger partial charge in [-0.15, -0.1) is 0 Å². The van der Waals surface area contributed by atoms with Crippen LogP contribution in [0, 0.1) is 0 Å². The summed E-state index contributed by atoms with van der Waals surface area (Å²) in [6.07, 6.45) is 0. The maximum absolute atomic E-state index is 12.3. The summed E-state index contributed by atoms with van der Waals surface area (Å²) in [7, 11) is -9.99. The molecule has 4 N–H and O–H groups in total. The van der Waals surface area contributed by atoms with Crippen molar-refractivity contribution in [3.05, 3.63) is 75.2 Å². The van der Waals surface area contributed by atoms with E-state index < -0.39 is 58.6 Å². The van der Waals surface area contributed by atoms with E-state index in [2.05, 4.69) is 6.58 Å². The zero-order valence-corrected chi connectivity index (χ0v) is 21.5. The fourth-order valence-corrected chi connectivity index (χ4v) is 5.80. The molecular formula is C25H22NO9S2-. The van der Waals surface area contributed by atoms with Crippen molar-refractivity contribution in [2.45, 2.75) is 36.0 Å². The zero-order valence-electron chi connectivity index (χ0n) is 19.9. The quantitative estimate of drug-likeness (QED) is 0.249. The molecule has 1 aliphatic rings. The smallest absolute Gasteiger partial charge is 0.300 e. The molecule has 0 fully saturated rings. The normalized spacial score (nSPS) is 13.5. The molecule has 3 aromatic rings. The highest BCUT2D eigenvalue weighted by atomic mass is 32.2. The number of carbonyl (C=O) groups is 1. The first-order chi connectivity index (χ1) is 16.9. The molecule has 194 valence electrons. The fourth-order valence-electron chi connectivity index (χ4n) is 4.26. The molecule has 1 heterocycles. The Kier molecular flexibility index (Phi) is 5.99. The number of rotatable bonds is 4. The minimum atomic E-state index is -5.02. The molecule has 0 saturated heterocycles. The Bertz CT molecular complexity index is 1840. The summed E-state index contributed by atoms with van der Waals surface area (Å²) in [4.78, 5) is 10.5. The number of carbonyl (C=O) groups excluding carboxylic acids is 1. The molecule has 0 aliphatic carbocycles. The first-order valence-electron chi connectivity index (χ1n) is 10.7. The van der Waals surface area contributed by atoms with E-state index in [1.165, 1.54) is 30.3 Å². The van der Waals surface area contributed by atoms with Gasteiger partial charge in [0.05, 0.1) is 11.7 Å². The highest BCUT2D eigenvalue weighted by molar-refractivity contribution is 7.86. The largest absolute Gasteiger partial charge is 0.545 e. The Morgan fingerprint density at radius 3 is 2.08 bits per heavy atom. The number of fused-ring (bicyclic) bond motifs is 2. The minimum Gasteiger partial charge on any atom is -0.545 e. The van der Waals surface area contributed by atoms with E-state index >= 15 is 0 Å². The molecule has 3 aromatic carbocycles. The van der Waals surface area contributed by atoms with Gasteiger partial charge in [0.15, 0.2) is 16.4 Å². The number of carboxylic acid groups (broad SMARTS) is 1. The summed E-state index contributed by atoms with van der Waals surface area (Å²) in [6.45, 7) is 9.28. The number of nitrogens with two attached hydrogens (primary N) is 1. The number of hydrogen-bond acceptors (Lipinski definition) is 8. The second-order valence-electron chi connectivity index (χ2n) is 9.52. The van der Waals surface area contributed by atoms with Gasteiger partial charge in [-0.3, -0.25) is 9.11 Å². The summed E-state index contributed by atoms with van der Waals surface area (Å²) in [6, 6.07) is 9.71. The van der Waals surface area contributed by atoms with Crippen LogP contribution in [0.2, 0.25) is 0 Å². The Labute approximate surface area is 212 Å². The highest BCUT2D eigenvalue weighted by Gasteiger charge is 2.34. The summed E-state index contributed by atoms with van der Waals surface area (Å²) in [5.74, 6) is -2.61. The van der Waals surface area contributed by atoms with Crippen LogP contribution in [0.25, 0.3) is 12.2 Å². The van der Waals surface area contributed by atoms with Crippen molar-refractivity contribution in [3.8, 4) is 11.5 Å². The average Bonchev–Trinajstić information content (AvgIpc) is 2.74. The van der Waals surface area contributed by atoms with Crippen LogP contribution in [0.4, 0.5) is 5.69 Å². The Morgan fingerprint density at radius 2 is 1.54 bits per heavy atom. The first-order valence-corrected chi connectivity index (χ1v) is 13.6. The van der Waals surface area contributed by atoms with E-state index in [9.17, 15) is 35.8 Å². The third kappa shape index (κ3) is 4.48. The van der Waals surface area contributed by atoms with Gasteiger partial charge < -0.3 is 20.4 Å². The van der Waals surface area contributed by atoms with E-state index in [1.54, 1.807) is 12.1 Å². The molecule has 0 unspecified atom stereocenters. The van der Waals surface area contributed by atoms with Crippen LogP contribution >= 0.6 is 0 Å². The van der Waals surface area contributed by atoms with Crippen molar-refractivity contribution < 1.29 is 40.6 Å². The van der Waals surface area contributed by atoms with E-state index in [0.717, 1.165) is 0 Å². The Morgan fingerprint density at radius 1 is 0.919 bits per heavy atom. The van der Waals surface area contributed by atoms with Gasteiger partial charge in [-0.2, -0.15) is 16.8 Å². The van der Waals surface area contributed by atoms with Crippen LogP contribution in [0.5, 0.6) is 11.5 Å². The molecular weight excluding hydrogens is 522 g/mol. The van der Waals surface area contributed by atoms with Crippen LogP contribution in [0.1, 0.15) is 47.8 Å². The standard InChI is InChI=1S/C25H23NO9S2/c1-12-5-7-15-19(17-11-13(25(2,3)4)6-8-14(17)24(27)28)16-9-10-18(26)23(37(32,33)34)21(16)35-20(15)22(12)36(29,30)31/h5-11H,1,26H2,2-4H3,(H,27,28)(H,29,30,31)(H,32,33,34)/p-1. The maximum Gasteiger partial charge on any atom is 0.300 e. The number of aromatic carboxylic acids is 1. The molecule has 1 aliphatic heterocycles. The molecule has 0 atom stereocenters. The Hall–Kier alpha value is -3.71. The second-order valence-corrected chi connectivity index (χ2v) is 12.2. The summed E-state index contributed by atoms with van der Waals surface area (Å²) >= 11 is 0. The fraction of sp³-hybridized carbons (Fsp3) is 0.160.